The molecular formula is C10H18ClN3O4. The average Bonchev–Trinajstić information content (AvgIpc) is 2.30. The predicted molar refractivity (Wildman–Crippen MR) is 66.0 cm³/mol. The van der Waals surface area contributed by atoms with Gasteiger partial charge in [-0.05, 0) is 18.8 Å². The number of carbonyl (C=O) groups excluding carboxylic acids is 1. The summed E-state index contributed by atoms with van der Waals surface area (Å²) in [5, 5.41) is 25.2. The lowest BCUT2D eigenvalue weighted by molar-refractivity contribution is -0.0148. The molecule has 0 aromatic carbocycles. The Kier molecular flexibility index (Phi) is 5.77. The number of urea groups is 1. The van der Waals surface area contributed by atoms with E-state index >= 15 is 0 Å². The first-order valence-electron chi connectivity index (χ1n) is 5.83. The fourth-order valence-electron chi connectivity index (χ4n) is 2.14. The van der Waals surface area contributed by atoms with Crippen molar-refractivity contribution in [2.24, 2.45) is 11.2 Å². The average molecular weight is 280 g/mol. The Hall–Kier alpha value is -0.920. The largest absolute Gasteiger partial charge is 0.391 e. The fourth-order valence-corrected chi connectivity index (χ4v) is 2.30. The molecular weight excluding hydrogens is 262 g/mol. The molecule has 0 heterocycles. The van der Waals surface area contributed by atoms with Crippen LogP contribution in [0.25, 0.3) is 0 Å². The van der Waals surface area contributed by atoms with Crippen LogP contribution in [0.5, 0.6) is 0 Å². The minimum absolute atomic E-state index is 0.0216. The molecule has 0 aromatic heterocycles. The molecule has 0 spiro atoms. The van der Waals surface area contributed by atoms with E-state index in [1.807, 2.05) is 6.92 Å². The van der Waals surface area contributed by atoms with Crippen LogP contribution in [0.15, 0.2) is 5.29 Å². The molecule has 0 saturated heterocycles. The normalized spacial score (nSPS) is 31.8. The lowest BCUT2D eigenvalue weighted by Crippen LogP contribution is -2.56. The molecule has 0 bridgehead atoms. The van der Waals surface area contributed by atoms with Gasteiger partial charge in [-0.3, -0.25) is 0 Å². The van der Waals surface area contributed by atoms with Gasteiger partial charge in [0.2, 0.25) is 0 Å². The third kappa shape index (κ3) is 3.79. The number of nitroso groups, excluding NO2 is 1. The standard InChI is InChI=1S/C10H18ClN3O4/c1-6-4-7(15)9(8(16)5-6)12-10(17)14(13-18)3-2-11/h6-9,15-16H,2-5H2,1H3,(H,12,17)/t6?,7-,8+,9?. The number of nitrogens with zero attached hydrogens (tertiary/aromatic N) is 2. The summed E-state index contributed by atoms with van der Waals surface area (Å²) in [4.78, 5) is 22.1. The smallest absolute Gasteiger partial charge is 0.340 e. The van der Waals surface area contributed by atoms with Crippen LogP contribution in [0, 0.1) is 10.8 Å². The zero-order valence-electron chi connectivity index (χ0n) is 10.1. The summed E-state index contributed by atoms with van der Waals surface area (Å²) in [5.74, 6) is 0.262. The Balaban J connectivity index is 2.59. The van der Waals surface area contributed by atoms with E-state index in [2.05, 4.69) is 10.6 Å². The Bertz CT molecular complexity index is 293. The lowest BCUT2D eigenvalue weighted by atomic mass is 9.83. The van der Waals surface area contributed by atoms with E-state index in [0.29, 0.717) is 17.9 Å². The number of aliphatic hydroxyl groups excluding tert-OH is 2. The van der Waals surface area contributed by atoms with Crippen molar-refractivity contribution in [3.8, 4) is 0 Å². The van der Waals surface area contributed by atoms with E-state index in [1.165, 1.54) is 0 Å². The van der Waals surface area contributed by atoms with Gasteiger partial charge in [-0.15, -0.1) is 16.5 Å². The summed E-state index contributed by atoms with van der Waals surface area (Å²) in [6.45, 7) is 1.89. The summed E-state index contributed by atoms with van der Waals surface area (Å²) < 4.78 is 0. The maximum atomic E-state index is 11.6. The molecule has 7 nitrogen and oxygen atoms in total. The van der Waals surface area contributed by atoms with Gasteiger partial charge in [0.1, 0.15) is 0 Å². The number of hydrogen-bond donors (Lipinski definition) is 3. The second kappa shape index (κ2) is 6.86. The second-order valence-electron chi connectivity index (χ2n) is 4.58. The maximum absolute atomic E-state index is 11.6. The number of halogens is 1. The van der Waals surface area contributed by atoms with Crippen molar-refractivity contribution < 1.29 is 15.0 Å². The molecule has 0 aromatic rings. The quantitative estimate of drug-likeness (QED) is 0.395. The van der Waals surface area contributed by atoms with Gasteiger partial charge < -0.3 is 15.5 Å². The highest BCUT2D eigenvalue weighted by atomic mass is 35.5. The maximum Gasteiger partial charge on any atom is 0.340 e. The summed E-state index contributed by atoms with van der Waals surface area (Å²) in [7, 11) is 0. The Morgan fingerprint density at radius 1 is 1.44 bits per heavy atom. The number of hydrogen-bond acceptors (Lipinski definition) is 5. The van der Waals surface area contributed by atoms with E-state index < -0.39 is 24.3 Å². The highest BCUT2D eigenvalue weighted by Crippen LogP contribution is 2.24. The fraction of sp³-hybridized carbons (Fsp3) is 0.900. The van der Waals surface area contributed by atoms with Crippen molar-refractivity contribution in [2.45, 2.75) is 38.0 Å². The number of alkyl halides is 1. The van der Waals surface area contributed by atoms with Crippen LogP contribution in [0.4, 0.5) is 4.79 Å². The highest BCUT2D eigenvalue weighted by molar-refractivity contribution is 6.18. The molecule has 1 aliphatic rings. The molecule has 1 rings (SSSR count). The minimum atomic E-state index is -0.836. The predicted octanol–water partition coefficient (Wildman–Crippen LogP) is 0.438. The first-order valence-corrected chi connectivity index (χ1v) is 6.36. The van der Waals surface area contributed by atoms with Crippen LogP contribution < -0.4 is 5.32 Å². The van der Waals surface area contributed by atoms with E-state index in [4.69, 9.17) is 11.6 Å². The third-order valence-corrected chi connectivity index (χ3v) is 3.21. The van der Waals surface area contributed by atoms with Crippen LogP contribution in [-0.2, 0) is 0 Å². The molecule has 3 N–H and O–H groups in total. The van der Waals surface area contributed by atoms with Crippen LogP contribution in [0.3, 0.4) is 0 Å². The summed E-state index contributed by atoms with van der Waals surface area (Å²) in [5.41, 5.74) is 0. The number of aliphatic hydroxyl groups is 2. The molecule has 2 amide bonds. The first-order chi connectivity index (χ1) is 8.49. The molecule has 2 unspecified atom stereocenters. The monoisotopic (exact) mass is 279 g/mol. The van der Waals surface area contributed by atoms with Crippen LogP contribution in [-0.4, -0.2) is 51.9 Å². The van der Waals surface area contributed by atoms with Gasteiger partial charge in [0.15, 0.2) is 0 Å². The Morgan fingerprint density at radius 3 is 2.44 bits per heavy atom. The molecule has 4 atom stereocenters. The van der Waals surface area contributed by atoms with Crippen LogP contribution in [0.1, 0.15) is 19.8 Å². The van der Waals surface area contributed by atoms with Crippen molar-refractivity contribution in [1.29, 1.82) is 0 Å². The number of carbonyl (C=O) groups is 1. The van der Waals surface area contributed by atoms with Gasteiger partial charge in [0, 0.05) is 5.88 Å². The zero-order valence-corrected chi connectivity index (χ0v) is 10.9. The summed E-state index contributed by atoms with van der Waals surface area (Å²) in [6, 6.07) is -1.54. The number of amides is 2. The van der Waals surface area contributed by atoms with Crippen molar-refractivity contribution in [3.63, 3.8) is 0 Å². The zero-order chi connectivity index (χ0) is 13.7. The topological polar surface area (TPSA) is 102 Å². The van der Waals surface area contributed by atoms with Gasteiger partial charge in [0.05, 0.1) is 30.1 Å². The Morgan fingerprint density at radius 2 is 2.00 bits per heavy atom. The van der Waals surface area contributed by atoms with Gasteiger partial charge >= 0.3 is 6.03 Å². The summed E-state index contributed by atoms with van der Waals surface area (Å²) in [6.07, 6.45) is -0.688. The van der Waals surface area contributed by atoms with Crippen molar-refractivity contribution in [1.82, 2.24) is 10.3 Å². The minimum Gasteiger partial charge on any atom is -0.391 e. The van der Waals surface area contributed by atoms with Gasteiger partial charge in [0.25, 0.3) is 0 Å². The SMILES string of the molecule is CC1C[C@@H](O)C(NC(=O)N(CCCl)N=O)[C@@H](O)C1. The van der Waals surface area contributed by atoms with Crippen molar-refractivity contribution in [2.75, 3.05) is 12.4 Å². The second-order valence-corrected chi connectivity index (χ2v) is 4.96. The van der Waals surface area contributed by atoms with Crippen molar-refractivity contribution in [3.05, 3.63) is 4.91 Å². The van der Waals surface area contributed by atoms with E-state index in [9.17, 15) is 19.9 Å². The molecule has 8 heteroatoms. The molecule has 18 heavy (non-hydrogen) atoms. The van der Waals surface area contributed by atoms with Crippen LogP contribution in [0.2, 0.25) is 0 Å². The molecule has 104 valence electrons. The van der Waals surface area contributed by atoms with E-state index in [0.717, 1.165) is 0 Å². The van der Waals surface area contributed by atoms with E-state index in [-0.39, 0.29) is 18.3 Å². The van der Waals surface area contributed by atoms with Gasteiger partial charge in [-0.25, -0.2) is 4.79 Å². The Labute approximate surface area is 110 Å². The van der Waals surface area contributed by atoms with Gasteiger partial charge in [-0.1, -0.05) is 6.92 Å². The van der Waals surface area contributed by atoms with Crippen LogP contribution >= 0.6 is 11.6 Å². The first kappa shape index (κ1) is 15.1. The van der Waals surface area contributed by atoms with Crippen molar-refractivity contribution >= 4 is 17.6 Å². The molecule has 1 aliphatic carbocycles. The third-order valence-electron chi connectivity index (χ3n) is 3.04. The molecule has 1 saturated carbocycles. The lowest BCUT2D eigenvalue weighted by Gasteiger charge is -2.36. The van der Waals surface area contributed by atoms with E-state index in [1.54, 1.807) is 0 Å². The molecule has 1 fully saturated rings. The number of nitrogens with one attached hydrogen (secondary N) is 1. The summed E-state index contributed by atoms with van der Waals surface area (Å²) >= 11 is 5.42. The molecule has 0 aliphatic heterocycles. The number of rotatable bonds is 4. The molecule has 0 radical (unpaired) electrons. The highest BCUT2D eigenvalue weighted by Gasteiger charge is 2.36. The van der Waals surface area contributed by atoms with Gasteiger partial charge in [-0.2, -0.15) is 5.01 Å².